The zero-order valence-electron chi connectivity index (χ0n) is 21.9. The molecule has 2 atom stereocenters. The van der Waals surface area contributed by atoms with Crippen LogP contribution in [0.4, 0.5) is 15.8 Å². The predicted molar refractivity (Wildman–Crippen MR) is 148 cm³/mol. The molecule has 0 spiro atoms. The largest absolute Gasteiger partial charge is 0.466 e. The first kappa shape index (κ1) is 28.3. The minimum absolute atomic E-state index is 0.0545. The number of amides is 1. The predicted octanol–water partition coefficient (Wildman–Crippen LogP) is 4.90. The topological polar surface area (TPSA) is 105 Å². The summed E-state index contributed by atoms with van der Waals surface area (Å²) in [5, 5.41) is 2.61. The minimum Gasteiger partial charge on any atom is -0.466 e. The van der Waals surface area contributed by atoms with Gasteiger partial charge in [0.2, 0.25) is 10.0 Å². The van der Waals surface area contributed by atoms with Crippen LogP contribution in [-0.4, -0.2) is 40.0 Å². The molecule has 0 unspecified atom stereocenters. The van der Waals surface area contributed by atoms with E-state index in [0.29, 0.717) is 31.6 Å². The Morgan fingerprint density at radius 3 is 2.51 bits per heavy atom. The van der Waals surface area contributed by atoms with Gasteiger partial charge < -0.3 is 15.0 Å². The van der Waals surface area contributed by atoms with Crippen LogP contribution in [0.1, 0.15) is 48.7 Å². The average molecular weight is 554 g/mol. The smallest absolute Gasteiger partial charge is 0.310 e. The van der Waals surface area contributed by atoms with Crippen molar-refractivity contribution in [1.82, 2.24) is 4.72 Å². The molecule has 8 nitrogen and oxygen atoms in total. The maximum atomic E-state index is 14.2. The summed E-state index contributed by atoms with van der Waals surface area (Å²) < 4.78 is 49.6. The standard InChI is InChI=1S/C29H32FN3O5S/c1-3-38-29(35)22-12-9-17-33(19-22)26-16-15-23(31-28(34)24-13-7-8-14-25(24)30)18-27(26)39(36,37)32-20(2)21-10-5-4-6-11-21/h4-8,10-11,13-16,18,20,22,32H,3,9,12,17,19H2,1-2H3,(H,31,34)/t20-,22-/m0/s1. The first-order chi connectivity index (χ1) is 18.7. The first-order valence-corrected chi connectivity index (χ1v) is 14.4. The lowest BCUT2D eigenvalue weighted by atomic mass is 9.97. The van der Waals surface area contributed by atoms with Gasteiger partial charge in [-0.15, -0.1) is 0 Å². The summed E-state index contributed by atoms with van der Waals surface area (Å²) in [5.41, 5.74) is 1.22. The van der Waals surface area contributed by atoms with Crippen LogP contribution in [0.25, 0.3) is 0 Å². The first-order valence-electron chi connectivity index (χ1n) is 12.9. The molecular formula is C29H32FN3O5S. The highest BCUT2D eigenvalue weighted by Gasteiger charge is 2.31. The SMILES string of the molecule is CCOC(=O)[C@H]1CCCN(c2ccc(NC(=O)c3ccccc3F)cc2S(=O)(=O)N[C@@H](C)c2ccccc2)C1. The van der Waals surface area contributed by atoms with Crippen molar-refractivity contribution >= 4 is 33.3 Å². The van der Waals surface area contributed by atoms with E-state index < -0.39 is 27.8 Å². The van der Waals surface area contributed by atoms with Gasteiger partial charge in [-0.2, -0.15) is 0 Å². The molecule has 1 saturated heterocycles. The highest BCUT2D eigenvalue weighted by molar-refractivity contribution is 7.89. The van der Waals surface area contributed by atoms with Gasteiger partial charge in [0.1, 0.15) is 10.7 Å². The van der Waals surface area contributed by atoms with Gasteiger partial charge in [0, 0.05) is 24.8 Å². The van der Waals surface area contributed by atoms with E-state index in [9.17, 15) is 22.4 Å². The fourth-order valence-corrected chi connectivity index (χ4v) is 6.15. The van der Waals surface area contributed by atoms with Crippen LogP contribution in [0.5, 0.6) is 0 Å². The van der Waals surface area contributed by atoms with Crippen molar-refractivity contribution in [2.24, 2.45) is 5.92 Å². The second kappa shape index (κ2) is 12.4. The number of carbonyl (C=O) groups excluding carboxylic acids is 2. The summed E-state index contributed by atoms with van der Waals surface area (Å²) in [4.78, 5) is 27.0. The molecule has 2 N–H and O–H groups in total. The Kier molecular flexibility index (Phi) is 8.98. The third-order valence-corrected chi connectivity index (χ3v) is 8.21. The van der Waals surface area contributed by atoms with Gasteiger partial charge >= 0.3 is 5.97 Å². The molecule has 0 radical (unpaired) electrons. The Morgan fingerprint density at radius 2 is 1.79 bits per heavy atom. The van der Waals surface area contributed by atoms with Crippen LogP contribution < -0.4 is 14.9 Å². The van der Waals surface area contributed by atoms with Crippen molar-refractivity contribution in [3.8, 4) is 0 Å². The quantitative estimate of drug-likeness (QED) is 0.366. The number of ether oxygens (including phenoxy) is 1. The Labute approximate surface area is 228 Å². The van der Waals surface area contributed by atoms with Crippen molar-refractivity contribution in [3.05, 3.63) is 89.7 Å². The number of nitrogens with one attached hydrogen (secondary N) is 2. The monoisotopic (exact) mass is 553 g/mol. The lowest BCUT2D eigenvalue weighted by Gasteiger charge is -2.34. The molecule has 1 aliphatic rings. The highest BCUT2D eigenvalue weighted by atomic mass is 32.2. The number of sulfonamides is 1. The normalized spacial score (nSPS) is 16.4. The Morgan fingerprint density at radius 1 is 1.08 bits per heavy atom. The molecule has 1 aliphatic heterocycles. The number of hydrogen-bond acceptors (Lipinski definition) is 6. The van der Waals surface area contributed by atoms with Crippen LogP contribution in [-0.2, 0) is 19.6 Å². The third-order valence-electron chi connectivity index (χ3n) is 6.64. The molecular weight excluding hydrogens is 521 g/mol. The summed E-state index contributed by atoms with van der Waals surface area (Å²) in [6, 6.07) is 18.7. The number of benzene rings is 3. The molecule has 1 fully saturated rings. The van der Waals surface area contributed by atoms with E-state index in [0.717, 1.165) is 5.56 Å². The van der Waals surface area contributed by atoms with Crippen LogP contribution in [0, 0.1) is 11.7 Å². The van der Waals surface area contributed by atoms with Crippen molar-refractivity contribution < 1.29 is 27.1 Å². The van der Waals surface area contributed by atoms with Crippen molar-refractivity contribution in [2.75, 3.05) is 29.9 Å². The summed E-state index contributed by atoms with van der Waals surface area (Å²) in [6.07, 6.45) is 1.33. The molecule has 39 heavy (non-hydrogen) atoms. The van der Waals surface area contributed by atoms with E-state index in [2.05, 4.69) is 10.0 Å². The van der Waals surface area contributed by atoms with Gasteiger partial charge in [0.05, 0.1) is 23.8 Å². The molecule has 1 amide bonds. The van der Waals surface area contributed by atoms with E-state index in [-0.39, 0.29) is 34.6 Å². The number of halogens is 1. The van der Waals surface area contributed by atoms with E-state index >= 15 is 0 Å². The van der Waals surface area contributed by atoms with Crippen molar-refractivity contribution in [2.45, 2.75) is 37.6 Å². The minimum atomic E-state index is -4.10. The van der Waals surface area contributed by atoms with Crippen molar-refractivity contribution in [1.29, 1.82) is 0 Å². The summed E-state index contributed by atoms with van der Waals surface area (Å²) in [7, 11) is -4.10. The number of esters is 1. The highest BCUT2D eigenvalue weighted by Crippen LogP contribution is 2.33. The molecule has 0 aliphatic carbocycles. The lowest BCUT2D eigenvalue weighted by molar-refractivity contribution is -0.148. The molecule has 206 valence electrons. The molecule has 0 bridgehead atoms. The Bertz CT molecular complexity index is 1430. The zero-order chi connectivity index (χ0) is 28.0. The van der Waals surface area contributed by atoms with Gasteiger partial charge in [0.15, 0.2) is 0 Å². The Balaban J connectivity index is 1.69. The number of nitrogens with zero attached hydrogens (tertiary/aromatic N) is 1. The number of anilines is 2. The number of carbonyl (C=O) groups is 2. The molecule has 3 aromatic carbocycles. The Hall–Kier alpha value is -3.76. The summed E-state index contributed by atoms with van der Waals surface area (Å²) >= 11 is 0. The fourth-order valence-electron chi connectivity index (χ4n) is 4.67. The number of hydrogen-bond donors (Lipinski definition) is 2. The van der Waals surface area contributed by atoms with Gasteiger partial charge in [-0.3, -0.25) is 9.59 Å². The summed E-state index contributed by atoms with van der Waals surface area (Å²) in [6.45, 7) is 4.61. The third kappa shape index (κ3) is 6.82. The van der Waals surface area contributed by atoms with Crippen LogP contribution in [0.15, 0.2) is 77.7 Å². The van der Waals surface area contributed by atoms with Gasteiger partial charge in [-0.05, 0) is 62.6 Å². The number of rotatable bonds is 9. The van der Waals surface area contributed by atoms with Crippen molar-refractivity contribution in [3.63, 3.8) is 0 Å². The maximum absolute atomic E-state index is 14.2. The molecule has 1 heterocycles. The maximum Gasteiger partial charge on any atom is 0.310 e. The van der Waals surface area contributed by atoms with Gasteiger partial charge in [0.25, 0.3) is 5.91 Å². The fraction of sp³-hybridized carbons (Fsp3) is 0.310. The van der Waals surface area contributed by atoms with Crippen LogP contribution >= 0.6 is 0 Å². The molecule has 0 aromatic heterocycles. The van der Waals surface area contributed by atoms with E-state index in [1.54, 1.807) is 32.0 Å². The van der Waals surface area contributed by atoms with Gasteiger partial charge in [-0.25, -0.2) is 17.5 Å². The number of piperidine rings is 1. The van der Waals surface area contributed by atoms with Crippen LogP contribution in [0.3, 0.4) is 0 Å². The summed E-state index contributed by atoms with van der Waals surface area (Å²) in [5.74, 6) is -2.08. The van der Waals surface area contributed by atoms with Crippen LogP contribution in [0.2, 0.25) is 0 Å². The average Bonchev–Trinajstić information content (AvgIpc) is 2.93. The zero-order valence-corrected chi connectivity index (χ0v) is 22.7. The molecule has 3 aromatic rings. The second-order valence-electron chi connectivity index (χ2n) is 9.41. The van der Waals surface area contributed by atoms with Gasteiger partial charge in [-0.1, -0.05) is 42.5 Å². The van der Waals surface area contributed by atoms with E-state index in [1.807, 2.05) is 35.2 Å². The molecule has 10 heteroatoms. The van der Waals surface area contributed by atoms with E-state index in [4.69, 9.17) is 4.74 Å². The lowest BCUT2D eigenvalue weighted by Crippen LogP contribution is -2.40. The molecule has 4 rings (SSSR count). The van der Waals surface area contributed by atoms with E-state index in [1.165, 1.54) is 24.3 Å². The molecule has 0 saturated carbocycles. The second-order valence-corrected chi connectivity index (χ2v) is 11.1.